The summed E-state index contributed by atoms with van der Waals surface area (Å²) in [5, 5.41) is 3.17. The number of nitrogens with zero attached hydrogens (tertiary/aromatic N) is 2. The van der Waals surface area contributed by atoms with Crippen LogP contribution in [0, 0.1) is 0 Å². The second-order valence-corrected chi connectivity index (χ2v) is 4.59. The fraction of sp³-hybridized carbons (Fsp3) is 0.667. The van der Waals surface area contributed by atoms with Gasteiger partial charge in [-0.25, -0.2) is 4.98 Å². The van der Waals surface area contributed by atoms with E-state index in [0.29, 0.717) is 0 Å². The van der Waals surface area contributed by atoms with E-state index in [4.69, 9.17) is 0 Å². The van der Waals surface area contributed by atoms with Gasteiger partial charge in [-0.3, -0.25) is 0 Å². The molecule has 0 fully saturated rings. The molecule has 74 valence electrons. The van der Waals surface area contributed by atoms with Crippen molar-refractivity contribution in [3.63, 3.8) is 0 Å². The minimum atomic E-state index is 0.949. The zero-order valence-corrected chi connectivity index (χ0v) is 10.5. The first-order chi connectivity index (χ1) is 6.27. The van der Waals surface area contributed by atoms with Gasteiger partial charge in [0.15, 0.2) is 5.13 Å². The molecule has 0 radical (unpaired) electrons. The molecule has 0 saturated carbocycles. The van der Waals surface area contributed by atoms with E-state index in [1.54, 1.807) is 11.3 Å². The van der Waals surface area contributed by atoms with Crippen molar-refractivity contribution in [3.05, 3.63) is 9.98 Å². The molecule has 0 amide bonds. The molecule has 4 heteroatoms. The molecule has 13 heavy (non-hydrogen) atoms. The molecule has 0 aliphatic heterocycles. The molecule has 1 heterocycles. The van der Waals surface area contributed by atoms with Gasteiger partial charge in [0.05, 0.1) is 0 Å². The van der Waals surface area contributed by atoms with Crippen LogP contribution in [0.2, 0.25) is 0 Å². The van der Waals surface area contributed by atoms with Gasteiger partial charge < -0.3 is 4.90 Å². The molecule has 0 saturated heterocycles. The minimum absolute atomic E-state index is 0.949. The lowest BCUT2D eigenvalue weighted by Crippen LogP contribution is -2.24. The first-order valence-corrected chi connectivity index (χ1v) is 6.31. The van der Waals surface area contributed by atoms with Gasteiger partial charge in [-0.1, -0.05) is 13.8 Å². The monoisotopic (exact) mass is 262 g/mol. The van der Waals surface area contributed by atoms with Crippen LogP contribution in [-0.2, 0) is 0 Å². The first-order valence-electron chi connectivity index (χ1n) is 4.63. The highest BCUT2D eigenvalue weighted by molar-refractivity contribution is 9.10. The van der Waals surface area contributed by atoms with Crippen LogP contribution in [0.4, 0.5) is 5.13 Å². The molecule has 0 aliphatic carbocycles. The third-order valence-corrected chi connectivity index (χ3v) is 3.33. The molecule has 0 aromatic carbocycles. The largest absolute Gasteiger partial charge is 0.348 e. The average Bonchev–Trinajstić information content (AvgIpc) is 2.51. The molecular weight excluding hydrogens is 248 g/mol. The van der Waals surface area contributed by atoms with Gasteiger partial charge in [0.25, 0.3) is 0 Å². The van der Waals surface area contributed by atoms with Crippen molar-refractivity contribution in [2.75, 3.05) is 18.0 Å². The molecular formula is C9H15BrN2S. The second-order valence-electron chi connectivity index (χ2n) is 2.94. The summed E-state index contributed by atoms with van der Waals surface area (Å²) in [5.74, 6) is 0. The molecule has 0 N–H and O–H groups in total. The van der Waals surface area contributed by atoms with E-state index >= 15 is 0 Å². The lowest BCUT2D eigenvalue weighted by atomic mass is 10.4. The maximum atomic E-state index is 4.41. The Balaban J connectivity index is 2.63. The number of rotatable bonds is 5. The van der Waals surface area contributed by atoms with Crippen molar-refractivity contribution < 1.29 is 0 Å². The second kappa shape index (κ2) is 5.60. The van der Waals surface area contributed by atoms with Gasteiger partial charge in [0.1, 0.15) is 4.60 Å². The average molecular weight is 263 g/mol. The summed E-state index contributed by atoms with van der Waals surface area (Å²) in [6.07, 6.45) is 2.36. The fourth-order valence-electron chi connectivity index (χ4n) is 1.23. The van der Waals surface area contributed by atoms with Crippen molar-refractivity contribution in [2.45, 2.75) is 26.7 Å². The Kier molecular flexibility index (Phi) is 4.73. The van der Waals surface area contributed by atoms with Gasteiger partial charge >= 0.3 is 0 Å². The lowest BCUT2D eigenvalue weighted by Gasteiger charge is -2.19. The molecule has 0 atom stereocenters. The molecule has 1 aromatic heterocycles. The molecule has 2 nitrogen and oxygen atoms in total. The predicted octanol–water partition coefficient (Wildman–Crippen LogP) is 3.53. The van der Waals surface area contributed by atoms with Crippen LogP contribution in [0.5, 0.6) is 0 Å². The van der Waals surface area contributed by atoms with Crippen molar-refractivity contribution in [1.29, 1.82) is 0 Å². The van der Waals surface area contributed by atoms with Gasteiger partial charge in [0.2, 0.25) is 0 Å². The van der Waals surface area contributed by atoms with Gasteiger partial charge in [-0.15, -0.1) is 11.3 Å². The van der Waals surface area contributed by atoms with Crippen molar-refractivity contribution in [2.24, 2.45) is 0 Å². The quantitative estimate of drug-likeness (QED) is 0.807. The Labute approximate surface area is 92.1 Å². The first kappa shape index (κ1) is 11.0. The zero-order chi connectivity index (χ0) is 9.68. The van der Waals surface area contributed by atoms with Gasteiger partial charge in [0, 0.05) is 18.5 Å². The molecule has 0 spiro atoms. The van der Waals surface area contributed by atoms with Crippen LogP contribution in [0.3, 0.4) is 0 Å². The topological polar surface area (TPSA) is 16.1 Å². The summed E-state index contributed by atoms with van der Waals surface area (Å²) in [6.45, 7) is 6.61. The summed E-state index contributed by atoms with van der Waals surface area (Å²) in [4.78, 5) is 6.75. The Bertz CT molecular complexity index is 244. The fourth-order valence-corrected chi connectivity index (χ4v) is 2.54. The molecule has 0 bridgehead atoms. The van der Waals surface area contributed by atoms with Crippen molar-refractivity contribution >= 4 is 32.4 Å². The smallest absolute Gasteiger partial charge is 0.186 e. The van der Waals surface area contributed by atoms with E-state index in [0.717, 1.165) is 22.8 Å². The number of hydrogen-bond acceptors (Lipinski definition) is 3. The molecule has 1 rings (SSSR count). The Morgan fingerprint density at radius 3 is 2.38 bits per heavy atom. The standard InChI is InChI=1S/C9H15BrN2S/c1-3-5-12(6-4-2)9-11-8(10)7-13-9/h7H,3-6H2,1-2H3. The van der Waals surface area contributed by atoms with E-state index < -0.39 is 0 Å². The van der Waals surface area contributed by atoms with Crippen molar-refractivity contribution in [3.8, 4) is 0 Å². The van der Waals surface area contributed by atoms with E-state index in [1.807, 2.05) is 5.38 Å². The SMILES string of the molecule is CCCN(CCC)c1nc(Br)cs1. The van der Waals surface area contributed by atoms with E-state index in [-0.39, 0.29) is 0 Å². The number of halogens is 1. The summed E-state index contributed by atoms with van der Waals surface area (Å²) in [7, 11) is 0. The van der Waals surface area contributed by atoms with Crippen LogP contribution in [0.15, 0.2) is 9.98 Å². The summed E-state index contributed by atoms with van der Waals surface area (Å²) < 4.78 is 0.949. The normalized spacial score (nSPS) is 10.4. The number of thiazole rings is 1. The van der Waals surface area contributed by atoms with Crippen LogP contribution in [0.1, 0.15) is 26.7 Å². The zero-order valence-electron chi connectivity index (χ0n) is 8.09. The Morgan fingerprint density at radius 2 is 2.00 bits per heavy atom. The summed E-state index contributed by atoms with van der Waals surface area (Å²) in [6, 6.07) is 0. The highest BCUT2D eigenvalue weighted by Crippen LogP contribution is 2.23. The van der Waals surface area contributed by atoms with Crippen LogP contribution in [0.25, 0.3) is 0 Å². The van der Waals surface area contributed by atoms with Crippen LogP contribution < -0.4 is 4.90 Å². The molecule has 0 unspecified atom stereocenters. The maximum absolute atomic E-state index is 4.41. The number of aromatic nitrogens is 1. The maximum Gasteiger partial charge on any atom is 0.186 e. The summed E-state index contributed by atoms with van der Waals surface area (Å²) >= 11 is 5.08. The van der Waals surface area contributed by atoms with Gasteiger partial charge in [-0.05, 0) is 28.8 Å². The third kappa shape index (κ3) is 3.27. The van der Waals surface area contributed by atoms with Crippen molar-refractivity contribution in [1.82, 2.24) is 4.98 Å². The molecule has 1 aromatic rings. The lowest BCUT2D eigenvalue weighted by molar-refractivity contribution is 0.741. The Morgan fingerprint density at radius 1 is 1.38 bits per heavy atom. The Hall–Kier alpha value is -0.0900. The highest BCUT2D eigenvalue weighted by Gasteiger charge is 2.07. The summed E-state index contributed by atoms with van der Waals surface area (Å²) in [5.41, 5.74) is 0. The van der Waals surface area contributed by atoms with E-state index in [1.165, 1.54) is 12.8 Å². The van der Waals surface area contributed by atoms with Gasteiger partial charge in [-0.2, -0.15) is 0 Å². The van der Waals surface area contributed by atoms with Crippen LogP contribution >= 0.6 is 27.3 Å². The van der Waals surface area contributed by atoms with E-state index in [2.05, 4.69) is 39.7 Å². The number of anilines is 1. The highest BCUT2D eigenvalue weighted by atomic mass is 79.9. The molecule has 0 aliphatic rings. The van der Waals surface area contributed by atoms with Crippen LogP contribution in [-0.4, -0.2) is 18.1 Å². The minimum Gasteiger partial charge on any atom is -0.348 e. The third-order valence-electron chi connectivity index (χ3n) is 1.72. The predicted molar refractivity (Wildman–Crippen MR) is 62.6 cm³/mol. The number of hydrogen-bond donors (Lipinski definition) is 0. The van der Waals surface area contributed by atoms with E-state index in [9.17, 15) is 0 Å².